The molecule has 0 saturated carbocycles. The summed E-state index contributed by atoms with van der Waals surface area (Å²) in [5.41, 5.74) is 3.09. The third-order valence-corrected chi connectivity index (χ3v) is 3.83. The summed E-state index contributed by atoms with van der Waals surface area (Å²) < 4.78 is 0. The van der Waals surface area contributed by atoms with Crippen LogP contribution in [0, 0.1) is 6.92 Å². The molecule has 1 N–H and O–H groups in total. The topological polar surface area (TPSA) is 49.4 Å². The first-order valence-corrected chi connectivity index (χ1v) is 6.42. The average molecular weight is 244 g/mol. The third kappa shape index (κ3) is 1.60. The van der Waals surface area contributed by atoms with E-state index < -0.39 is 0 Å². The standard InChI is InChI=1S/C14H16N2O2/c1-9-11(16-7-3-2-4-8-16)6-5-10-12(9)14(18)15-13(10)17/h5-6H,2-4,7-8H2,1H3,(H,15,17,18). The van der Waals surface area contributed by atoms with Crippen molar-refractivity contribution in [3.63, 3.8) is 0 Å². The van der Waals surface area contributed by atoms with Crippen molar-refractivity contribution in [1.82, 2.24) is 5.32 Å². The minimum atomic E-state index is -0.275. The van der Waals surface area contributed by atoms with Crippen molar-refractivity contribution < 1.29 is 9.59 Å². The molecule has 1 fully saturated rings. The van der Waals surface area contributed by atoms with Gasteiger partial charge in [-0.3, -0.25) is 14.9 Å². The van der Waals surface area contributed by atoms with Gasteiger partial charge < -0.3 is 4.90 Å². The number of carbonyl (C=O) groups excluding carboxylic acids is 2. The number of anilines is 1. The molecular formula is C14H16N2O2. The molecule has 0 radical (unpaired) electrons. The van der Waals surface area contributed by atoms with Crippen molar-refractivity contribution in [3.8, 4) is 0 Å². The van der Waals surface area contributed by atoms with Crippen LogP contribution in [0.1, 0.15) is 45.5 Å². The van der Waals surface area contributed by atoms with Gasteiger partial charge in [-0.1, -0.05) is 0 Å². The number of hydrogen-bond donors (Lipinski definition) is 1. The largest absolute Gasteiger partial charge is 0.371 e. The van der Waals surface area contributed by atoms with Crippen LogP contribution in [0.2, 0.25) is 0 Å². The lowest BCUT2D eigenvalue weighted by molar-refractivity contribution is 0.0879. The second-order valence-corrected chi connectivity index (χ2v) is 4.96. The van der Waals surface area contributed by atoms with Gasteiger partial charge in [-0.2, -0.15) is 0 Å². The SMILES string of the molecule is Cc1c(N2CCCCC2)ccc2c1C(=O)NC2=O. The first-order valence-electron chi connectivity index (χ1n) is 6.42. The molecule has 1 saturated heterocycles. The molecule has 94 valence electrons. The van der Waals surface area contributed by atoms with Crippen LogP contribution in [0.5, 0.6) is 0 Å². The summed E-state index contributed by atoms with van der Waals surface area (Å²) in [5, 5.41) is 2.36. The molecule has 1 aromatic rings. The highest BCUT2D eigenvalue weighted by Gasteiger charge is 2.30. The Morgan fingerprint density at radius 3 is 2.50 bits per heavy atom. The number of fused-ring (bicyclic) bond motifs is 1. The first-order chi connectivity index (χ1) is 8.68. The maximum Gasteiger partial charge on any atom is 0.259 e. The summed E-state index contributed by atoms with van der Waals surface area (Å²) >= 11 is 0. The zero-order chi connectivity index (χ0) is 12.7. The van der Waals surface area contributed by atoms with Crippen LogP contribution in [0.15, 0.2) is 12.1 Å². The van der Waals surface area contributed by atoms with E-state index in [0.29, 0.717) is 11.1 Å². The highest BCUT2D eigenvalue weighted by atomic mass is 16.2. The molecule has 0 aliphatic carbocycles. The van der Waals surface area contributed by atoms with Gasteiger partial charge in [-0.05, 0) is 43.9 Å². The average Bonchev–Trinajstić information content (AvgIpc) is 2.67. The van der Waals surface area contributed by atoms with Crippen LogP contribution in [-0.4, -0.2) is 24.9 Å². The monoisotopic (exact) mass is 244 g/mol. The van der Waals surface area contributed by atoms with Crippen LogP contribution >= 0.6 is 0 Å². The predicted octanol–water partition coefficient (Wildman–Crippen LogP) is 1.87. The molecule has 2 aliphatic heterocycles. The van der Waals surface area contributed by atoms with Gasteiger partial charge in [0.15, 0.2) is 0 Å². The molecule has 4 heteroatoms. The molecule has 2 aliphatic rings. The summed E-state index contributed by atoms with van der Waals surface area (Å²) in [4.78, 5) is 25.7. The fourth-order valence-corrected chi connectivity index (χ4v) is 2.89. The number of benzene rings is 1. The summed E-state index contributed by atoms with van der Waals surface area (Å²) in [6, 6.07) is 3.74. The van der Waals surface area contributed by atoms with E-state index in [0.717, 1.165) is 24.3 Å². The van der Waals surface area contributed by atoms with Crippen LogP contribution in [0.4, 0.5) is 5.69 Å². The Bertz CT molecular complexity index is 531. The smallest absolute Gasteiger partial charge is 0.259 e. The number of amides is 2. The van der Waals surface area contributed by atoms with Crippen molar-refractivity contribution in [3.05, 3.63) is 28.8 Å². The van der Waals surface area contributed by atoms with E-state index in [1.807, 2.05) is 13.0 Å². The van der Waals surface area contributed by atoms with E-state index in [4.69, 9.17) is 0 Å². The number of piperidine rings is 1. The Morgan fingerprint density at radius 1 is 1.06 bits per heavy atom. The molecule has 3 rings (SSSR count). The van der Waals surface area contributed by atoms with E-state index in [1.54, 1.807) is 6.07 Å². The van der Waals surface area contributed by atoms with E-state index in [-0.39, 0.29) is 11.8 Å². The van der Waals surface area contributed by atoms with Crippen molar-refractivity contribution >= 4 is 17.5 Å². The Hall–Kier alpha value is -1.84. The lowest BCUT2D eigenvalue weighted by Gasteiger charge is -2.30. The molecule has 0 aromatic heterocycles. The molecule has 1 aromatic carbocycles. The van der Waals surface area contributed by atoms with Gasteiger partial charge in [0.2, 0.25) is 0 Å². The van der Waals surface area contributed by atoms with Crippen LogP contribution in [0.3, 0.4) is 0 Å². The van der Waals surface area contributed by atoms with E-state index in [1.165, 1.54) is 19.3 Å². The maximum atomic E-state index is 11.8. The van der Waals surface area contributed by atoms with E-state index in [9.17, 15) is 9.59 Å². The summed E-state index contributed by atoms with van der Waals surface area (Å²) in [7, 11) is 0. The van der Waals surface area contributed by atoms with Crippen molar-refractivity contribution in [1.29, 1.82) is 0 Å². The van der Waals surface area contributed by atoms with E-state index >= 15 is 0 Å². The third-order valence-electron chi connectivity index (χ3n) is 3.83. The Balaban J connectivity index is 2.05. The van der Waals surface area contributed by atoms with Gasteiger partial charge in [0.1, 0.15) is 0 Å². The highest BCUT2D eigenvalue weighted by molar-refractivity contribution is 6.22. The lowest BCUT2D eigenvalue weighted by atomic mass is 10.00. The molecule has 2 amide bonds. The van der Waals surface area contributed by atoms with Gasteiger partial charge >= 0.3 is 0 Å². The van der Waals surface area contributed by atoms with Gasteiger partial charge in [0.25, 0.3) is 11.8 Å². The minimum absolute atomic E-state index is 0.258. The van der Waals surface area contributed by atoms with Gasteiger partial charge in [0, 0.05) is 18.8 Å². The molecule has 4 nitrogen and oxygen atoms in total. The number of hydrogen-bond acceptors (Lipinski definition) is 3. The summed E-state index contributed by atoms with van der Waals surface area (Å²) in [5.74, 6) is -0.533. The number of carbonyl (C=O) groups is 2. The Morgan fingerprint density at radius 2 is 1.78 bits per heavy atom. The van der Waals surface area contributed by atoms with Crippen molar-refractivity contribution in [2.45, 2.75) is 26.2 Å². The molecule has 0 spiro atoms. The fraction of sp³-hybridized carbons (Fsp3) is 0.429. The lowest BCUT2D eigenvalue weighted by Crippen LogP contribution is -2.30. The first kappa shape index (κ1) is 11.3. The van der Waals surface area contributed by atoms with Crippen LogP contribution in [0.25, 0.3) is 0 Å². The summed E-state index contributed by atoms with van der Waals surface area (Å²) in [6.45, 7) is 4.01. The zero-order valence-corrected chi connectivity index (χ0v) is 10.5. The van der Waals surface area contributed by atoms with Gasteiger partial charge in [0.05, 0.1) is 11.1 Å². The molecule has 0 atom stereocenters. The highest BCUT2D eigenvalue weighted by Crippen LogP contribution is 2.30. The predicted molar refractivity (Wildman–Crippen MR) is 69.0 cm³/mol. The number of rotatable bonds is 1. The molecule has 18 heavy (non-hydrogen) atoms. The Labute approximate surface area is 106 Å². The maximum absolute atomic E-state index is 11.8. The minimum Gasteiger partial charge on any atom is -0.371 e. The molecule has 0 unspecified atom stereocenters. The van der Waals surface area contributed by atoms with Crippen LogP contribution in [-0.2, 0) is 0 Å². The summed E-state index contributed by atoms with van der Waals surface area (Å²) in [6.07, 6.45) is 3.67. The van der Waals surface area contributed by atoms with E-state index in [2.05, 4.69) is 10.2 Å². The van der Waals surface area contributed by atoms with Crippen molar-refractivity contribution in [2.24, 2.45) is 0 Å². The second kappa shape index (κ2) is 4.12. The number of nitrogens with one attached hydrogen (secondary N) is 1. The zero-order valence-electron chi connectivity index (χ0n) is 10.5. The van der Waals surface area contributed by atoms with Crippen molar-refractivity contribution in [2.75, 3.05) is 18.0 Å². The van der Waals surface area contributed by atoms with Gasteiger partial charge in [-0.15, -0.1) is 0 Å². The number of imide groups is 1. The van der Waals surface area contributed by atoms with Gasteiger partial charge in [-0.25, -0.2) is 0 Å². The van der Waals surface area contributed by atoms with Crippen LogP contribution < -0.4 is 10.2 Å². The fourth-order valence-electron chi connectivity index (χ4n) is 2.89. The molecule has 2 heterocycles. The second-order valence-electron chi connectivity index (χ2n) is 4.96. The molecule has 0 bridgehead atoms. The normalized spacial score (nSPS) is 18.8. The quantitative estimate of drug-likeness (QED) is 0.767. The Kier molecular flexibility index (Phi) is 2.58. The molecular weight excluding hydrogens is 228 g/mol. The number of nitrogens with zero attached hydrogens (tertiary/aromatic N) is 1.